The molecule has 0 fully saturated rings. The summed E-state index contributed by atoms with van der Waals surface area (Å²) in [5.74, 6) is -3.24. The number of hydrogen-bond acceptors (Lipinski definition) is 1. The van der Waals surface area contributed by atoms with Gasteiger partial charge in [0.25, 0.3) is 0 Å². The van der Waals surface area contributed by atoms with Gasteiger partial charge in [-0.1, -0.05) is 0 Å². The Morgan fingerprint density at radius 1 is 0.647 bits per heavy atom. The molecule has 0 amide bonds. The summed E-state index contributed by atoms with van der Waals surface area (Å²) in [4.78, 5) is 0. The third kappa shape index (κ3) is 5.00. The molecule has 1 nitrogen and oxygen atoms in total. The Balaban J connectivity index is 1.89. The Labute approximate surface area is 197 Å². The van der Waals surface area contributed by atoms with Gasteiger partial charge in [0.05, 0.1) is 0 Å². The van der Waals surface area contributed by atoms with Crippen LogP contribution in [0.25, 0.3) is 0 Å². The Morgan fingerprint density at radius 3 is 1.65 bits per heavy atom. The van der Waals surface area contributed by atoms with Crippen molar-refractivity contribution in [1.82, 2.24) is 0 Å². The zero-order valence-corrected chi connectivity index (χ0v) is 19.5. The Hall–Kier alpha value is -3.17. The molecule has 0 spiro atoms. The fraction of sp³-hybridized carbons (Fsp3) is 0.143. The number of alkyl halides is 1. The Bertz CT molecular complexity index is 1150. The minimum atomic E-state index is -2.86. The van der Waals surface area contributed by atoms with Gasteiger partial charge < -0.3 is 0 Å². The van der Waals surface area contributed by atoms with Crippen molar-refractivity contribution in [2.24, 2.45) is 0 Å². The van der Waals surface area contributed by atoms with Crippen LogP contribution in [0.15, 0.2) is 97.1 Å². The van der Waals surface area contributed by atoms with E-state index in [4.69, 9.17) is 4.74 Å². The number of ether oxygens (including phenoxy) is 1. The average Bonchev–Trinajstić information content (AvgIpc) is 2.87. The van der Waals surface area contributed by atoms with E-state index in [1.54, 1.807) is 0 Å². The summed E-state index contributed by atoms with van der Waals surface area (Å²) >= 11 is 0. The second-order valence-corrected chi connectivity index (χ2v) is 12.0. The molecule has 0 N–H and O–H groups in total. The van der Waals surface area contributed by atoms with E-state index in [1.807, 2.05) is 84.9 Å². The SMILES string of the molecule is Fc1cc(C[PH](c2ccccc2)(c2ccccc2)c2ccc(OCCC[18F])cc2)cc(F)c1F. The van der Waals surface area contributed by atoms with Gasteiger partial charge in [-0.25, -0.2) is 0 Å². The molecule has 4 aromatic rings. The number of halogens is 4. The molecule has 0 aliphatic heterocycles. The first-order chi connectivity index (χ1) is 16.5. The van der Waals surface area contributed by atoms with E-state index in [2.05, 4.69) is 0 Å². The van der Waals surface area contributed by atoms with Crippen LogP contribution in [0, 0.1) is 17.5 Å². The molecule has 0 bridgehead atoms. The average molecular weight is 483 g/mol. The van der Waals surface area contributed by atoms with E-state index >= 15 is 0 Å². The van der Waals surface area contributed by atoms with Crippen LogP contribution in [0.5, 0.6) is 5.75 Å². The second-order valence-electron chi connectivity index (χ2n) is 8.10. The molecule has 4 aromatic carbocycles. The summed E-state index contributed by atoms with van der Waals surface area (Å²) < 4.78 is 60.1. The summed E-state index contributed by atoms with van der Waals surface area (Å²) in [6, 6.07) is 29.5. The molecule has 0 aliphatic rings. The van der Waals surface area contributed by atoms with Gasteiger partial charge in [0.1, 0.15) is 0 Å². The minimum absolute atomic E-state index is 0.282. The zero-order chi connectivity index (χ0) is 24.0. The van der Waals surface area contributed by atoms with Gasteiger partial charge in [-0.15, -0.1) is 0 Å². The van der Waals surface area contributed by atoms with E-state index in [0.717, 1.165) is 28.0 Å². The van der Waals surface area contributed by atoms with Gasteiger partial charge in [-0.3, -0.25) is 0 Å². The summed E-state index contributed by atoms with van der Waals surface area (Å²) in [5.41, 5.74) is 0.388. The number of benzene rings is 4. The molecule has 176 valence electrons. The van der Waals surface area contributed by atoms with Crippen LogP contribution in [-0.2, 0) is 6.16 Å². The first kappa shape index (κ1) is 24.0. The van der Waals surface area contributed by atoms with Gasteiger partial charge in [0, 0.05) is 0 Å². The van der Waals surface area contributed by atoms with E-state index < -0.39 is 31.4 Å². The molecule has 0 atom stereocenters. The molecule has 0 aliphatic carbocycles. The predicted octanol–water partition coefficient (Wildman–Crippen LogP) is 6.07. The molecule has 4 rings (SSSR count). The van der Waals surface area contributed by atoms with E-state index in [9.17, 15) is 17.6 Å². The van der Waals surface area contributed by atoms with Crippen LogP contribution in [0.4, 0.5) is 17.6 Å². The van der Waals surface area contributed by atoms with Gasteiger partial charge in [-0.05, 0) is 0 Å². The van der Waals surface area contributed by atoms with Crippen LogP contribution in [-0.4, -0.2) is 13.3 Å². The molecule has 0 radical (unpaired) electrons. The van der Waals surface area contributed by atoms with Crippen LogP contribution in [0.2, 0.25) is 0 Å². The predicted molar refractivity (Wildman–Crippen MR) is 133 cm³/mol. The molecular formula is C28H25F4OP. The van der Waals surface area contributed by atoms with Crippen LogP contribution in [0.3, 0.4) is 0 Å². The fourth-order valence-electron chi connectivity index (χ4n) is 4.35. The Morgan fingerprint density at radius 2 is 1.15 bits per heavy atom. The third-order valence-electron chi connectivity index (χ3n) is 5.94. The first-order valence-corrected chi connectivity index (χ1v) is 13.3. The van der Waals surface area contributed by atoms with Crippen LogP contribution < -0.4 is 20.7 Å². The maximum atomic E-state index is 14.2. The van der Waals surface area contributed by atoms with Crippen molar-refractivity contribution in [3.8, 4) is 5.75 Å². The number of hydrogen-bond donors (Lipinski definition) is 0. The van der Waals surface area contributed by atoms with Crippen molar-refractivity contribution >= 4 is 23.2 Å². The van der Waals surface area contributed by atoms with Gasteiger partial charge in [-0.2, -0.15) is 0 Å². The monoisotopic (exact) mass is 483 g/mol. The van der Waals surface area contributed by atoms with Crippen molar-refractivity contribution in [2.45, 2.75) is 12.6 Å². The fourth-order valence-corrected chi connectivity index (χ4v) is 9.04. The second kappa shape index (κ2) is 10.8. The van der Waals surface area contributed by atoms with Gasteiger partial charge in [0.15, 0.2) is 0 Å². The molecular weight excluding hydrogens is 458 g/mol. The first-order valence-electron chi connectivity index (χ1n) is 11.1. The maximum absolute atomic E-state index is 14.2. The zero-order valence-electron chi connectivity index (χ0n) is 18.5. The van der Waals surface area contributed by atoms with Crippen molar-refractivity contribution < 1.29 is 22.3 Å². The summed E-state index contributed by atoms with van der Waals surface area (Å²) in [7, 11) is -2.86. The molecule has 34 heavy (non-hydrogen) atoms. The topological polar surface area (TPSA) is 9.23 Å². The van der Waals surface area contributed by atoms with E-state index in [1.165, 1.54) is 0 Å². The molecule has 6 heteroatoms. The molecule has 0 saturated carbocycles. The molecule has 0 aromatic heterocycles. The van der Waals surface area contributed by atoms with Gasteiger partial charge in [0.2, 0.25) is 0 Å². The summed E-state index contributed by atoms with van der Waals surface area (Å²) in [6.45, 7) is -0.162. The molecule has 0 heterocycles. The Kier molecular flexibility index (Phi) is 7.64. The standard InChI is InChI=1S/C28H25F4OP/c29-16-7-17-33-22-12-14-25(15-13-22)34(23-8-3-1-4-9-23,24-10-5-2-6-11-24)20-21-18-26(30)28(32)27(31)19-21/h1-6,8-15,18-19,34H,7,16-17,20H2/i29-1. The summed E-state index contributed by atoms with van der Waals surface area (Å²) in [5, 5.41) is 3.11. The van der Waals surface area contributed by atoms with Crippen molar-refractivity contribution in [1.29, 1.82) is 0 Å². The van der Waals surface area contributed by atoms with Crippen molar-refractivity contribution in [2.75, 3.05) is 13.3 Å². The number of rotatable bonds is 9. The normalized spacial score (nSPS) is 11.9. The third-order valence-corrected chi connectivity index (χ3v) is 10.8. The van der Waals surface area contributed by atoms with E-state index in [-0.39, 0.29) is 6.61 Å². The van der Waals surface area contributed by atoms with E-state index in [0.29, 0.717) is 23.9 Å². The van der Waals surface area contributed by atoms with Gasteiger partial charge >= 0.3 is 197 Å². The van der Waals surface area contributed by atoms with Crippen molar-refractivity contribution in [3.63, 3.8) is 0 Å². The van der Waals surface area contributed by atoms with Crippen LogP contribution in [0.1, 0.15) is 12.0 Å². The quantitative estimate of drug-likeness (QED) is 0.122. The summed E-state index contributed by atoms with van der Waals surface area (Å²) in [6.07, 6.45) is 0.646. The molecule has 0 unspecified atom stereocenters. The molecule has 0 saturated heterocycles. The van der Waals surface area contributed by atoms with Crippen molar-refractivity contribution in [3.05, 3.63) is 120 Å². The van der Waals surface area contributed by atoms with Crippen LogP contribution >= 0.6 is 7.26 Å².